The Morgan fingerprint density at radius 1 is 1.31 bits per heavy atom. The lowest BCUT2D eigenvalue weighted by atomic mass is 10.1. The van der Waals surface area contributed by atoms with Crippen LogP contribution < -0.4 is 5.32 Å². The van der Waals surface area contributed by atoms with E-state index < -0.39 is 22.1 Å². The van der Waals surface area contributed by atoms with Gasteiger partial charge in [0.05, 0.1) is 0 Å². The topological polar surface area (TPSA) is 81.7 Å². The van der Waals surface area contributed by atoms with Gasteiger partial charge in [0.15, 0.2) is 0 Å². The highest BCUT2D eigenvalue weighted by molar-refractivity contribution is 7.83. The molecule has 1 N–H and O–H groups in total. The molecule has 6 nitrogen and oxygen atoms in total. The Morgan fingerprint density at radius 2 is 2.00 bits per heavy atom. The minimum absolute atomic E-state index is 0.290. The van der Waals surface area contributed by atoms with Gasteiger partial charge in [-0.25, -0.2) is 8.37 Å². The normalized spacial score (nSPS) is 30.3. The van der Waals surface area contributed by atoms with Crippen molar-refractivity contribution in [2.24, 2.45) is 0 Å². The predicted molar refractivity (Wildman–Crippen MR) is 40.7 cm³/mol. The molecule has 2 rings (SSSR count). The van der Waals surface area contributed by atoms with Crippen molar-refractivity contribution < 1.29 is 21.6 Å². The van der Waals surface area contributed by atoms with Gasteiger partial charge in [-0.05, 0) is 12.8 Å². The quantitative estimate of drug-likeness (QED) is 0.566. The van der Waals surface area contributed by atoms with Gasteiger partial charge in [0.2, 0.25) is 0 Å². The number of hydrogen-bond acceptors (Lipinski definition) is 5. The summed E-state index contributed by atoms with van der Waals surface area (Å²) in [7, 11) is -3.90. The van der Waals surface area contributed by atoms with Crippen molar-refractivity contribution >= 4 is 16.3 Å². The van der Waals surface area contributed by atoms with E-state index in [-0.39, 0.29) is 6.42 Å². The van der Waals surface area contributed by atoms with Gasteiger partial charge in [0.1, 0.15) is 0 Å². The fraction of sp³-hybridized carbons (Fsp3) is 0.833. The van der Waals surface area contributed by atoms with Crippen LogP contribution in [0.1, 0.15) is 19.3 Å². The van der Waals surface area contributed by atoms with E-state index in [4.69, 9.17) is 0 Å². The van der Waals surface area contributed by atoms with Gasteiger partial charge < -0.3 is 5.32 Å². The fourth-order valence-corrected chi connectivity index (χ4v) is 2.42. The summed E-state index contributed by atoms with van der Waals surface area (Å²) in [4.78, 5) is 11.3. The smallest absolute Gasteiger partial charge is 0.351 e. The van der Waals surface area contributed by atoms with Crippen molar-refractivity contribution in [2.75, 3.05) is 6.54 Å². The van der Waals surface area contributed by atoms with Gasteiger partial charge in [-0.1, -0.05) is 0 Å². The van der Waals surface area contributed by atoms with Crippen LogP contribution in [0.2, 0.25) is 0 Å². The Bertz CT molecular complexity index is 323. The van der Waals surface area contributed by atoms with E-state index in [1.807, 2.05) is 0 Å². The lowest BCUT2D eigenvalue weighted by Gasteiger charge is -2.35. The summed E-state index contributed by atoms with van der Waals surface area (Å²) in [5.41, 5.74) is 0. The summed E-state index contributed by atoms with van der Waals surface area (Å²) in [6.45, 7) is 0.535. The number of nitrogens with one attached hydrogen (secondary N) is 1. The number of rotatable bonds is 0. The molecule has 2 aliphatic rings. The molecule has 7 heteroatoms. The molecule has 0 saturated carbocycles. The zero-order chi connectivity index (χ0) is 9.53. The van der Waals surface area contributed by atoms with Crippen molar-refractivity contribution in [3.05, 3.63) is 0 Å². The van der Waals surface area contributed by atoms with Crippen molar-refractivity contribution in [3.8, 4) is 0 Å². The summed E-state index contributed by atoms with van der Waals surface area (Å²) >= 11 is 0. The molecule has 0 radical (unpaired) electrons. The number of carbonyl (C=O) groups excluding carboxylic acids is 1. The molecule has 0 aromatic carbocycles. The molecule has 2 fully saturated rings. The van der Waals surface area contributed by atoms with Crippen LogP contribution >= 0.6 is 0 Å². The summed E-state index contributed by atoms with van der Waals surface area (Å²) in [6.07, 6.45) is 1.80. The van der Waals surface area contributed by atoms with Gasteiger partial charge in [-0.2, -0.15) is 8.42 Å². The molecular weight excluding hydrogens is 198 g/mol. The molecule has 2 saturated heterocycles. The van der Waals surface area contributed by atoms with Crippen LogP contribution in [0.25, 0.3) is 0 Å². The molecule has 0 aliphatic carbocycles. The monoisotopic (exact) mass is 207 g/mol. The van der Waals surface area contributed by atoms with Crippen LogP contribution in [-0.4, -0.2) is 26.7 Å². The molecule has 0 bridgehead atoms. The van der Waals surface area contributed by atoms with E-state index in [0.717, 1.165) is 6.42 Å². The van der Waals surface area contributed by atoms with E-state index in [0.29, 0.717) is 13.0 Å². The highest BCUT2D eigenvalue weighted by Crippen LogP contribution is 2.36. The Morgan fingerprint density at radius 3 is 2.62 bits per heavy atom. The predicted octanol–water partition coefficient (Wildman–Crippen LogP) is -0.726. The van der Waals surface area contributed by atoms with Crippen LogP contribution in [0.5, 0.6) is 0 Å². The van der Waals surface area contributed by atoms with Crippen molar-refractivity contribution in [1.82, 2.24) is 5.32 Å². The molecule has 1 amide bonds. The van der Waals surface area contributed by atoms with Gasteiger partial charge in [0, 0.05) is 13.0 Å². The highest BCUT2D eigenvalue weighted by atomic mass is 32.3. The maximum absolute atomic E-state index is 11.3. The van der Waals surface area contributed by atoms with Gasteiger partial charge in [-0.15, -0.1) is 0 Å². The molecule has 2 heterocycles. The molecule has 0 unspecified atom stereocenters. The van der Waals surface area contributed by atoms with E-state index in [2.05, 4.69) is 13.7 Å². The minimum Gasteiger partial charge on any atom is -0.351 e. The van der Waals surface area contributed by atoms with Crippen molar-refractivity contribution in [1.29, 1.82) is 0 Å². The maximum Gasteiger partial charge on any atom is 0.406 e. The highest BCUT2D eigenvalue weighted by Gasteiger charge is 2.58. The van der Waals surface area contributed by atoms with Gasteiger partial charge >= 0.3 is 10.4 Å². The fourth-order valence-electron chi connectivity index (χ4n) is 1.43. The first-order valence-electron chi connectivity index (χ1n) is 3.99. The van der Waals surface area contributed by atoms with E-state index >= 15 is 0 Å². The summed E-state index contributed by atoms with van der Waals surface area (Å²) < 4.78 is 30.2. The average Bonchev–Trinajstić information content (AvgIpc) is 2.13. The van der Waals surface area contributed by atoms with Crippen molar-refractivity contribution in [2.45, 2.75) is 25.0 Å². The van der Waals surface area contributed by atoms with Crippen LogP contribution in [0, 0.1) is 0 Å². The van der Waals surface area contributed by atoms with Crippen LogP contribution in [0.4, 0.5) is 0 Å². The Hall–Kier alpha value is -0.660. The number of hydrogen-bond donors (Lipinski definition) is 1. The summed E-state index contributed by atoms with van der Waals surface area (Å²) in [6, 6.07) is 0. The first kappa shape index (κ1) is 8.92. The van der Waals surface area contributed by atoms with Crippen LogP contribution in [0.15, 0.2) is 0 Å². The SMILES string of the molecule is O=C1NCCCCC12OS(=O)(=O)O2. The third-order valence-corrected chi connectivity index (χ3v) is 2.98. The van der Waals surface area contributed by atoms with Gasteiger partial charge in [0.25, 0.3) is 11.7 Å². The second-order valence-corrected chi connectivity index (χ2v) is 4.19. The Kier molecular flexibility index (Phi) is 1.83. The summed E-state index contributed by atoms with van der Waals surface area (Å²) in [5, 5.41) is 2.52. The standard InChI is InChI=1S/C6H9NO5S/c8-5-6(3-1-2-4-7-5)11-13(9,10)12-6/h1-4H2,(H,7,8). The van der Waals surface area contributed by atoms with E-state index in [1.54, 1.807) is 0 Å². The third-order valence-electron chi connectivity index (χ3n) is 2.04. The maximum atomic E-state index is 11.3. The third kappa shape index (κ3) is 1.43. The molecule has 0 aromatic heterocycles. The molecule has 0 aromatic rings. The zero-order valence-corrected chi connectivity index (χ0v) is 7.59. The number of carbonyl (C=O) groups is 1. The second kappa shape index (κ2) is 2.66. The van der Waals surface area contributed by atoms with Crippen molar-refractivity contribution in [3.63, 3.8) is 0 Å². The van der Waals surface area contributed by atoms with E-state index in [9.17, 15) is 13.2 Å². The van der Waals surface area contributed by atoms with E-state index in [1.165, 1.54) is 0 Å². The first-order chi connectivity index (χ1) is 6.04. The molecule has 74 valence electrons. The Balaban J connectivity index is 2.17. The second-order valence-electron chi connectivity index (χ2n) is 3.04. The average molecular weight is 207 g/mol. The van der Waals surface area contributed by atoms with Gasteiger partial charge in [-0.3, -0.25) is 4.79 Å². The minimum atomic E-state index is -3.90. The molecule has 0 atom stereocenters. The first-order valence-corrected chi connectivity index (χ1v) is 5.32. The Labute approximate surface area is 75.5 Å². The molecule has 2 aliphatic heterocycles. The van der Waals surface area contributed by atoms with Crippen LogP contribution in [0.3, 0.4) is 0 Å². The zero-order valence-electron chi connectivity index (χ0n) is 6.78. The number of amides is 1. The lowest BCUT2D eigenvalue weighted by Crippen LogP contribution is -2.59. The molecule has 1 spiro atoms. The lowest BCUT2D eigenvalue weighted by molar-refractivity contribution is -0.199. The van der Waals surface area contributed by atoms with Crippen LogP contribution in [-0.2, 0) is 23.6 Å². The molecular formula is C6H9NO5S. The summed E-state index contributed by atoms with van der Waals surface area (Å²) in [5.74, 6) is -2.06. The molecule has 13 heavy (non-hydrogen) atoms. The largest absolute Gasteiger partial charge is 0.406 e.